The smallest absolute Gasteiger partial charge is 0.407 e. The number of nitrogens with one attached hydrogen (secondary N) is 2. The number of aromatic nitrogens is 2. The second-order valence-corrected chi connectivity index (χ2v) is 7.17. The molecule has 1 aromatic heterocycles. The molecule has 27 heavy (non-hydrogen) atoms. The van der Waals surface area contributed by atoms with Crippen LogP contribution in [0.1, 0.15) is 36.3 Å². The van der Waals surface area contributed by atoms with Gasteiger partial charge in [-0.2, -0.15) is 5.10 Å². The number of alkyl carbamates (subject to hydrolysis) is 1. The molecule has 1 aliphatic heterocycles. The highest BCUT2D eigenvalue weighted by Gasteiger charge is 2.27. The second kappa shape index (κ2) is 6.61. The van der Waals surface area contributed by atoms with Gasteiger partial charge in [0.2, 0.25) is 0 Å². The number of amides is 1. The first-order chi connectivity index (χ1) is 13.3. The average Bonchev–Trinajstić information content (AvgIpc) is 3.44. The highest BCUT2D eigenvalue weighted by atomic mass is 16.5. The van der Waals surface area contributed by atoms with E-state index in [-0.39, 0.29) is 12.7 Å². The van der Waals surface area contributed by atoms with E-state index in [0.29, 0.717) is 25.5 Å². The number of cyclic esters (lactones) is 1. The van der Waals surface area contributed by atoms with E-state index in [4.69, 9.17) is 9.47 Å². The van der Waals surface area contributed by atoms with Crippen molar-refractivity contribution in [3.8, 4) is 17.0 Å². The van der Waals surface area contributed by atoms with Gasteiger partial charge in [0.05, 0.1) is 12.1 Å². The van der Waals surface area contributed by atoms with Gasteiger partial charge in [0.25, 0.3) is 0 Å². The molecule has 0 unspecified atom stereocenters. The molecule has 138 valence electrons. The highest BCUT2D eigenvalue weighted by molar-refractivity contribution is 5.94. The van der Waals surface area contributed by atoms with Crippen LogP contribution < -0.4 is 10.1 Å². The standard InChI is InChI=1S/C21H21N3O3/c25-21-22-8-1-9-26-16-5-7-19-18(11-16)20(24-23-19)14-4-6-17(13-2-3-13)15(10-14)12-27-21/h4-7,10-11,13H,1-3,8-9,12H2,(H,22,25)(H,23,24). The van der Waals surface area contributed by atoms with Crippen LogP contribution in [0.4, 0.5) is 4.79 Å². The van der Waals surface area contributed by atoms with E-state index in [0.717, 1.165) is 33.5 Å². The van der Waals surface area contributed by atoms with Crippen LogP contribution in [0.3, 0.4) is 0 Å². The summed E-state index contributed by atoms with van der Waals surface area (Å²) in [5, 5.41) is 11.4. The zero-order valence-corrected chi connectivity index (χ0v) is 15.0. The number of carbonyl (C=O) groups excluding carboxylic acids is 1. The van der Waals surface area contributed by atoms with Gasteiger partial charge in [0.15, 0.2) is 0 Å². The number of rotatable bonds is 1. The van der Waals surface area contributed by atoms with Crippen molar-refractivity contribution in [1.29, 1.82) is 0 Å². The first-order valence-corrected chi connectivity index (χ1v) is 9.43. The molecule has 3 aromatic rings. The van der Waals surface area contributed by atoms with Gasteiger partial charge in [0.1, 0.15) is 18.1 Å². The summed E-state index contributed by atoms with van der Waals surface area (Å²) >= 11 is 0. The van der Waals surface area contributed by atoms with Crippen LogP contribution in [0.5, 0.6) is 5.75 Å². The predicted molar refractivity (Wildman–Crippen MR) is 102 cm³/mol. The van der Waals surface area contributed by atoms with E-state index in [9.17, 15) is 4.79 Å². The Balaban J connectivity index is 1.61. The monoisotopic (exact) mass is 363 g/mol. The van der Waals surface area contributed by atoms with Crippen molar-refractivity contribution in [3.05, 3.63) is 47.5 Å². The van der Waals surface area contributed by atoms with E-state index in [1.165, 1.54) is 18.4 Å². The normalized spacial score (nSPS) is 17.6. The Hall–Kier alpha value is -3.02. The summed E-state index contributed by atoms with van der Waals surface area (Å²) in [4.78, 5) is 12.0. The Kier molecular flexibility index (Phi) is 3.96. The van der Waals surface area contributed by atoms with Gasteiger partial charge in [-0.25, -0.2) is 4.79 Å². The van der Waals surface area contributed by atoms with Crippen molar-refractivity contribution in [2.24, 2.45) is 0 Å². The van der Waals surface area contributed by atoms with Crippen LogP contribution in [-0.2, 0) is 11.3 Å². The molecule has 0 spiro atoms. The summed E-state index contributed by atoms with van der Waals surface area (Å²) < 4.78 is 11.3. The lowest BCUT2D eigenvalue weighted by atomic mass is 9.98. The molecule has 2 aromatic carbocycles. The van der Waals surface area contributed by atoms with Crippen molar-refractivity contribution in [3.63, 3.8) is 0 Å². The Morgan fingerprint density at radius 3 is 2.89 bits per heavy atom. The van der Waals surface area contributed by atoms with Crippen molar-refractivity contribution in [2.75, 3.05) is 13.2 Å². The van der Waals surface area contributed by atoms with Crippen molar-refractivity contribution < 1.29 is 14.3 Å². The lowest BCUT2D eigenvalue weighted by molar-refractivity contribution is 0.138. The van der Waals surface area contributed by atoms with E-state index >= 15 is 0 Å². The van der Waals surface area contributed by atoms with E-state index in [1.807, 2.05) is 18.2 Å². The summed E-state index contributed by atoms with van der Waals surface area (Å²) in [6.07, 6.45) is 2.72. The fourth-order valence-corrected chi connectivity index (χ4v) is 3.62. The first-order valence-electron chi connectivity index (χ1n) is 9.43. The molecule has 0 radical (unpaired) electrons. The molecular weight excluding hydrogens is 342 g/mol. The summed E-state index contributed by atoms with van der Waals surface area (Å²) in [6.45, 7) is 1.32. The Morgan fingerprint density at radius 1 is 1.07 bits per heavy atom. The number of H-pyrrole nitrogens is 1. The SMILES string of the molecule is O=C1NCCCOc2ccc3[nH]nc(c3c2)-c2ccc(C3CC3)c(c2)CO1. The molecule has 5 rings (SSSR count). The Labute approximate surface area is 156 Å². The zero-order valence-electron chi connectivity index (χ0n) is 15.0. The van der Waals surface area contributed by atoms with Crippen LogP contribution in [-0.4, -0.2) is 29.4 Å². The molecule has 0 saturated heterocycles. The maximum absolute atomic E-state index is 12.0. The third kappa shape index (κ3) is 3.23. The van der Waals surface area contributed by atoms with Gasteiger partial charge in [-0.05, 0) is 60.6 Å². The molecule has 6 nitrogen and oxygen atoms in total. The van der Waals surface area contributed by atoms with Crippen LogP contribution >= 0.6 is 0 Å². The van der Waals surface area contributed by atoms with Gasteiger partial charge in [-0.3, -0.25) is 5.10 Å². The van der Waals surface area contributed by atoms with Crippen molar-refractivity contribution in [2.45, 2.75) is 31.8 Å². The third-order valence-electron chi connectivity index (χ3n) is 5.19. The fourth-order valence-electron chi connectivity index (χ4n) is 3.62. The molecule has 1 amide bonds. The van der Waals surface area contributed by atoms with Crippen molar-refractivity contribution >= 4 is 17.0 Å². The topological polar surface area (TPSA) is 76.2 Å². The quantitative estimate of drug-likeness (QED) is 0.682. The van der Waals surface area contributed by atoms with Crippen LogP contribution in [0.25, 0.3) is 22.2 Å². The lowest BCUT2D eigenvalue weighted by Gasteiger charge is -2.12. The van der Waals surface area contributed by atoms with Crippen LogP contribution in [0.2, 0.25) is 0 Å². The van der Waals surface area contributed by atoms with Crippen LogP contribution in [0, 0.1) is 0 Å². The Bertz CT molecular complexity index is 1010. The minimum atomic E-state index is -0.389. The predicted octanol–water partition coefficient (Wildman–Crippen LogP) is 4.12. The molecule has 2 aliphatic rings. The van der Waals surface area contributed by atoms with Gasteiger partial charge in [-0.1, -0.05) is 12.1 Å². The number of carbonyl (C=O) groups is 1. The molecule has 6 heteroatoms. The van der Waals surface area contributed by atoms with E-state index in [1.54, 1.807) is 0 Å². The molecule has 1 saturated carbocycles. The molecule has 2 heterocycles. The Morgan fingerprint density at radius 2 is 2.00 bits per heavy atom. The maximum atomic E-state index is 12.0. The number of fused-ring (bicyclic) bond motifs is 4. The second-order valence-electron chi connectivity index (χ2n) is 7.17. The highest BCUT2D eigenvalue weighted by Crippen LogP contribution is 2.43. The number of ether oxygens (including phenoxy) is 2. The average molecular weight is 363 g/mol. The maximum Gasteiger partial charge on any atom is 0.407 e. The van der Waals surface area contributed by atoms with Gasteiger partial charge in [0, 0.05) is 17.5 Å². The first kappa shape index (κ1) is 16.2. The third-order valence-corrected chi connectivity index (χ3v) is 5.19. The van der Waals surface area contributed by atoms with Gasteiger partial charge >= 0.3 is 6.09 Å². The molecule has 1 fully saturated rings. The largest absolute Gasteiger partial charge is 0.494 e. The number of benzene rings is 2. The zero-order chi connectivity index (χ0) is 18.2. The lowest BCUT2D eigenvalue weighted by Crippen LogP contribution is -2.26. The summed E-state index contributed by atoms with van der Waals surface area (Å²) in [6, 6.07) is 12.3. The molecule has 0 atom stereocenters. The number of aromatic amines is 1. The number of nitrogens with zero attached hydrogens (tertiary/aromatic N) is 1. The number of hydrogen-bond acceptors (Lipinski definition) is 4. The summed E-state index contributed by atoms with van der Waals surface area (Å²) in [7, 11) is 0. The van der Waals surface area contributed by atoms with E-state index < -0.39 is 0 Å². The molecule has 1 aliphatic carbocycles. The molecular formula is C21H21N3O3. The van der Waals surface area contributed by atoms with Crippen LogP contribution in [0.15, 0.2) is 36.4 Å². The summed E-state index contributed by atoms with van der Waals surface area (Å²) in [5.41, 5.74) is 5.21. The van der Waals surface area contributed by atoms with Gasteiger partial charge < -0.3 is 14.8 Å². The fraction of sp³-hybridized carbons (Fsp3) is 0.333. The number of hydrogen-bond donors (Lipinski definition) is 2. The van der Waals surface area contributed by atoms with E-state index in [2.05, 4.69) is 33.7 Å². The van der Waals surface area contributed by atoms with Crippen molar-refractivity contribution in [1.82, 2.24) is 15.5 Å². The minimum Gasteiger partial charge on any atom is -0.494 e. The molecule has 4 bridgehead atoms. The summed E-state index contributed by atoms with van der Waals surface area (Å²) in [5.74, 6) is 1.39. The van der Waals surface area contributed by atoms with Gasteiger partial charge in [-0.15, -0.1) is 0 Å². The minimum absolute atomic E-state index is 0.273. The molecule has 2 N–H and O–H groups in total.